The molecular formula is C31H25BrIN3O6S. The molecular weight excluding hydrogens is 749 g/mol. The van der Waals surface area contributed by atoms with Crippen molar-refractivity contribution in [2.75, 3.05) is 6.61 Å². The number of rotatable bonds is 8. The summed E-state index contributed by atoms with van der Waals surface area (Å²) in [7, 11) is 0. The summed E-state index contributed by atoms with van der Waals surface area (Å²) < 4.78 is 14.8. The van der Waals surface area contributed by atoms with Crippen LogP contribution in [0.1, 0.15) is 42.1 Å². The Kier molecular flexibility index (Phi) is 9.28. The molecule has 3 aromatic carbocycles. The van der Waals surface area contributed by atoms with E-state index < -0.39 is 16.9 Å². The van der Waals surface area contributed by atoms with Crippen LogP contribution in [-0.4, -0.2) is 22.1 Å². The van der Waals surface area contributed by atoms with Gasteiger partial charge in [0.1, 0.15) is 12.4 Å². The van der Waals surface area contributed by atoms with E-state index in [0.29, 0.717) is 36.4 Å². The standard InChI is InChI=1S/C31H25BrIN3O6S/c1-4-41-30(38)26-18(3)34-31-35(27(26)21-10-8-17(2)9-11-21)29(37)25(43-31)15-20-13-23(32)28(24(33)14-20)42-16-19-6-5-7-22(12-19)36(39)40/h5-15,27H,4,16H2,1-3H3/b25-15+/t27-/m1/s1. The van der Waals surface area contributed by atoms with Gasteiger partial charge in [-0.1, -0.05) is 53.3 Å². The van der Waals surface area contributed by atoms with Crippen LogP contribution in [0, 0.1) is 20.6 Å². The third-order valence-electron chi connectivity index (χ3n) is 6.73. The van der Waals surface area contributed by atoms with E-state index in [1.807, 2.05) is 43.3 Å². The van der Waals surface area contributed by atoms with Gasteiger partial charge in [0, 0.05) is 12.1 Å². The van der Waals surface area contributed by atoms with Gasteiger partial charge in [-0.05, 0) is 94.2 Å². The van der Waals surface area contributed by atoms with Crippen molar-refractivity contribution in [2.45, 2.75) is 33.4 Å². The number of carbonyl (C=O) groups excluding carboxylic acids is 1. The van der Waals surface area contributed by atoms with Gasteiger partial charge in [0.25, 0.3) is 11.2 Å². The van der Waals surface area contributed by atoms with Crippen LogP contribution in [0.3, 0.4) is 0 Å². The highest BCUT2D eigenvalue weighted by molar-refractivity contribution is 14.1. The van der Waals surface area contributed by atoms with Crippen LogP contribution in [0.4, 0.5) is 5.69 Å². The number of halogens is 2. The van der Waals surface area contributed by atoms with Crippen LogP contribution in [0.25, 0.3) is 6.08 Å². The number of ether oxygens (including phenoxy) is 2. The molecule has 43 heavy (non-hydrogen) atoms. The zero-order valence-electron chi connectivity index (χ0n) is 23.3. The molecule has 1 aliphatic rings. The Morgan fingerprint density at radius 3 is 2.60 bits per heavy atom. The lowest BCUT2D eigenvalue weighted by Gasteiger charge is -2.24. The van der Waals surface area contributed by atoms with Crippen LogP contribution in [-0.2, 0) is 16.1 Å². The van der Waals surface area contributed by atoms with Gasteiger partial charge in [-0.2, -0.15) is 0 Å². The predicted molar refractivity (Wildman–Crippen MR) is 176 cm³/mol. The first kappa shape index (κ1) is 30.8. The number of nitro groups is 1. The number of non-ortho nitro benzene ring substituents is 1. The first-order chi connectivity index (χ1) is 20.6. The summed E-state index contributed by atoms with van der Waals surface area (Å²) in [6.07, 6.45) is 1.79. The Hall–Kier alpha value is -3.62. The van der Waals surface area contributed by atoms with Crippen molar-refractivity contribution in [3.63, 3.8) is 0 Å². The summed E-state index contributed by atoms with van der Waals surface area (Å²) in [5, 5.41) is 11.1. The lowest BCUT2D eigenvalue weighted by atomic mass is 9.95. The number of thiazole rings is 1. The monoisotopic (exact) mass is 773 g/mol. The normalized spacial score (nSPS) is 14.7. The predicted octanol–water partition coefficient (Wildman–Crippen LogP) is 5.96. The average Bonchev–Trinajstić information content (AvgIpc) is 3.26. The van der Waals surface area contributed by atoms with Gasteiger partial charge in [-0.15, -0.1) is 0 Å². The highest BCUT2D eigenvalue weighted by atomic mass is 127. The fraction of sp³-hybridized carbons (Fsp3) is 0.194. The summed E-state index contributed by atoms with van der Waals surface area (Å²) in [5.74, 6) is 0.0857. The maximum absolute atomic E-state index is 13.9. The van der Waals surface area contributed by atoms with Crippen molar-refractivity contribution < 1.29 is 19.2 Å². The van der Waals surface area contributed by atoms with Gasteiger partial charge >= 0.3 is 5.97 Å². The molecule has 9 nitrogen and oxygen atoms in total. The number of fused-ring (bicyclic) bond motifs is 1. The number of benzene rings is 3. The minimum Gasteiger partial charge on any atom is -0.487 e. The minimum absolute atomic E-state index is 0.000800. The smallest absolute Gasteiger partial charge is 0.338 e. The van der Waals surface area contributed by atoms with Crippen molar-refractivity contribution in [3.8, 4) is 5.75 Å². The van der Waals surface area contributed by atoms with Gasteiger partial charge in [0.15, 0.2) is 4.80 Å². The molecule has 5 rings (SSSR count). The molecule has 0 saturated carbocycles. The van der Waals surface area contributed by atoms with Crippen molar-refractivity contribution in [3.05, 3.63) is 132 Å². The molecule has 4 aromatic rings. The number of aromatic nitrogens is 1. The third-order valence-corrected chi connectivity index (χ3v) is 9.11. The van der Waals surface area contributed by atoms with E-state index in [9.17, 15) is 19.7 Å². The molecule has 1 atom stereocenters. The van der Waals surface area contributed by atoms with E-state index in [-0.39, 0.29) is 24.5 Å². The number of nitro benzene ring substituents is 1. The first-order valence-corrected chi connectivity index (χ1v) is 15.9. The van der Waals surface area contributed by atoms with E-state index >= 15 is 0 Å². The number of allylic oxidation sites excluding steroid dienone is 1. The number of nitrogens with zero attached hydrogens (tertiary/aromatic N) is 3. The molecule has 0 fully saturated rings. The molecule has 0 saturated heterocycles. The van der Waals surface area contributed by atoms with Gasteiger partial charge in [-0.3, -0.25) is 19.5 Å². The van der Waals surface area contributed by atoms with Crippen molar-refractivity contribution in [2.24, 2.45) is 4.99 Å². The molecule has 220 valence electrons. The van der Waals surface area contributed by atoms with Crippen LogP contribution in [0.15, 0.2) is 86.2 Å². The molecule has 0 amide bonds. The molecule has 1 aliphatic heterocycles. The third kappa shape index (κ3) is 6.50. The highest BCUT2D eigenvalue weighted by Crippen LogP contribution is 2.34. The summed E-state index contributed by atoms with van der Waals surface area (Å²) in [6.45, 7) is 5.84. The second kappa shape index (κ2) is 12.9. The number of hydrogen-bond acceptors (Lipinski definition) is 8. The molecule has 2 heterocycles. The second-order valence-electron chi connectivity index (χ2n) is 9.74. The second-order valence-corrected chi connectivity index (χ2v) is 12.8. The van der Waals surface area contributed by atoms with E-state index in [1.54, 1.807) is 36.6 Å². The Morgan fingerprint density at radius 1 is 1.19 bits per heavy atom. The maximum Gasteiger partial charge on any atom is 0.338 e. The number of aryl methyl sites for hydroxylation is 1. The topological polar surface area (TPSA) is 113 Å². The molecule has 1 aromatic heterocycles. The summed E-state index contributed by atoms with van der Waals surface area (Å²) >= 11 is 6.98. The molecule has 0 unspecified atom stereocenters. The first-order valence-electron chi connectivity index (χ1n) is 13.2. The molecule has 0 radical (unpaired) electrons. The largest absolute Gasteiger partial charge is 0.487 e. The van der Waals surface area contributed by atoms with Gasteiger partial charge < -0.3 is 9.47 Å². The van der Waals surface area contributed by atoms with E-state index in [0.717, 1.165) is 20.3 Å². The van der Waals surface area contributed by atoms with E-state index in [1.165, 1.54) is 23.5 Å². The Labute approximate surface area is 272 Å². The zero-order valence-corrected chi connectivity index (χ0v) is 27.9. The highest BCUT2D eigenvalue weighted by Gasteiger charge is 2.33. The summed E-state index contributed by atoms with van der Waals surface area (Å²) in [5.41, 5.74) is 3.87. The molecule has 12 heteroatoms. The van der Waals surface area contributed by atoms with E-state index in [4.69, 9.17) is 9.47 Å². The van der Waals surface area contributed by atoms with Crippen LogP contribution < -0.4 is 19.6 Å². The SMILES string of the molecule is CCOC(=O)C1=C(C)N=c2s/c(=C/c3cc(Br)c(OCc4cccc([N+](=O)[O-])c4)c(I)c3)c(=O)n2[C@@H]1c1ccc(C)cc1. The van der Waals surface area contributed by atoms with Crippen molar-refractivity contribution in [1.29, 1.82) is 0 Å². The van der Waals surface area contributed by atoms with Crippen molar-refractivity contribution in [1.82, 2.24) is 4.57 Å². The summed E-state index contributed by atoms with van der Waals surface area (Å²) in [6, 6.07) is 17.1. The Morgan fingerprint density at radius 2 is 1.93 bits per heavy atom. The number of hydrogen-bond donors (Lipinski definition) is 0. The Balaban J connectivity index is 1.52. The fourth-order valence-corrected chi connectivity index (χ4v) is 7.54. The van der Waals surface area contributed by atoms with Crippen molar-refractivity contribution >= 4 is 67.6 Å². The average molecular weight is 774 g/mol. The number of carbonyl (C=O) groups is 1. The maximum atomic E-state index is 13.9. The summed E-state index contributed by atoms with van der Waals surface area (Å²) in [4.78, 5) is 42.8. The quantitative estimate of drug-likeness (QED) is 0.0946. The lowest BCUT2D eigenvalue weighted by Crippen LogP contribution is -2.39. The Bertz CT molecular complexity index is 1940. The van der Waals surface area contributed by atoms with E-state index in [2.05, 4.69) is 43.5 Å². The lowest BCUT2D eigenvalue weighted by molar-refractivity contribution is -0.384. The van der Waals surface area contributed by atoms with Crippen LogP contribution in [0.2, 0.25) is 0 Å². The van der Waals surface area contributed by atoms with Gasteiger partial charge in [-0.25, -0.2) is 9.79 Å². The number of esters is 1. The molecule has 0 bridgehead atoms. The molecule has 0 spiro atoms. The van der Waals surface area contributed by atoms with Crippen LogP contribution in [0.5, 0.6) is 5.75 Å². The van der Waals surface area contributed by atoms with Gasteiger partial charge in [0.05, 0.1) is 41.4 Å². The molecule has 0 N–H and O–H groups in total. The van der Waals surface area contributed by atoms with Crippen LogP contribution >= 0.6 is 49.9 Å². The molecule has 0 aliphatic carbocycles. The van der Waals surface area contributed by atoms with Gasteiger partial charge in [0.2, 0.25) is 0 Å². The zero-order chi connectivity index (χ0) is 30.8. The minimum atomic E-state index is -0.672. The fourth-order valence-electron chi connectivity index (χ4n) is 4.72.